The van der Waals surface area contributed by atoms with E-state index in [1.54, 1.807) is 19.2 Å². The van der Waals surface area contributed by atoms with Gasteiger partial charge >= 0.3 is 0 Å². The molecule has 0 unspecified atom stereocenters. The third-order valence-corrected chi connectivity index (χ3v) is 3.44. The summed E-state index contributed by atoms with van der Waals surface area (Å²) in [6, 6.07) is 2.68. The summed E-state index contributed by atoms with van der Waals surface area (Å²) in [5.41, 5.74) is 5.67. The second-order valence-corrected chi connectivity index (χ2v) is 6.56. The summed E-state index contributed by atoms with van der Waals surface area (Å²) in [6.07, 6.45) is 2.77. The van der Waals surface area contributed by atoms with Crippen LogP contribution in [0, 0.1) is 0 Å². The van der Waals surface area contributed by atoms with Gasteiger partial charge in [-0.1, -0.05) is 0 Å². The number of amides is 1. The number of sulfone groups is 1. The zero-order valence-electron chi connectivity index (χ0n) is 10.5. The molecule has 0 saturated carbocycles. The van der Waals surface area contributed by atoms with Gasteiger partial charge in [-0.25, -0.2) is 8.42 Å². The smallest absolute Gasteiger partial charge is 0.239 e. The van der Waals surface area contributed by atoms with Crippen LogP contribution in [-0.4, -0.2) is 44.3 Å². The number of carbonyl (C=O) groups excluding carboxylic acids is 1. The van der Waals surface area contributed by atoms with Crippen molar-refractivity contribution in [3.8, 4) is 0 Å². The van der Waals surface area contributed by atoms with Crippen molar-refractivity contribution < 1.29 is 17.6 Å². The minimum Gasteiger partial charge on any atom is -0.467 e. The van der Waals surface area contributed by atoms with E-state index in [-0.39, 0.29) is 18.1 Å². The number of nitrogens with zero attached hydrogens (tertiary/aromatic N) is 1. The number of nitrogens with two attached hydrogens (primary N) is 1. The molecule has 1 rings (SSSR count). The maximum Gasteiger partial charge on any atom is 0.239 e. The Morgan fingerprint density at radius 1 is 1.56 bits per heavy atom. The van der Waals surface area contributed by atoms with Crippen LogP contribution in [0.1, 0.15) is 12.2 Å². The van der Waals surface area contributed by atoms with Crippen LogP contribution in [0.3, 0.4) is 0 Å². The standard InChI is InChI=1S/C11H18N2O4S/c1-13(8-9-4-3-6-17-9)11(14)10(12)5-7-18(2,15)16/h3-4,6,10H,5,7-8,12H2,1-2H3/t10-/m1/s1. The zero-order valence-corrected chi connectivity index (χ0v) is 11.3. The Morgan fingerprint density at radius 2 is 2.22 bits per heavy atom. The van der Waals surface area contributed by atoms with Gasteiger partial charge in [0, 0.05) is 13.3 Å². The summed E-state index contributed by atoms with van der Waals surface area (Å²) in [4.78, 5) is 13.3. The Morgan fingerprint density at radius 3 is 2.72 bits per heavy atom. The maximum atomic E-state index is 11.9. The van der Waals surface area contributed by atoms with Crippen molar-refractivity contribution >= 4 is 15.7 Å². The highest BCUT2D eigenvalue weighted by molar-refractivity contribution is 7.90. The highest BCUT2D eigenvalue weighted by Gasteiger charge is 2.20. The van der Waals surface area contributed by atoms with E-state index in [1.165, 1.54) is 11.2 Å². The topological polar surface area (TPSA) is 93.6 Å². The van der Waals surface area contributed by atoms with Gasteiger partial charge in [-0.3, -0.25) is 4.79 Å². The highest BCUT2D eigenvalue weighted by atomic mass is 32.2. The van der Waals surface area contributed by atoms with Gasteiger partial charge in [0.2, 0.25) is 5.91 Å². The van der Waals surface area contributed by atoms with E-state index in [0.717, 1.165) is 6.26 Å². The first-order valence-corrected chi connectivity index (χ1v) is 7.56. The van der Waals surface area contributed by atoms with Gasteiger partial charge in [-0.2, -0.15) is 0 Å². The fourth-order valence-corrected chi connectivity index (χ4v) is 2.14. The fraction of sp³-hybridized carbons (Fsp3) is 0.545. The molecule has 7 heteroatoms. The summed E-state index contributed by atoms with van der Waals surface area (Å²) in [5, 5.41) is 0. The SMILES string of the molecule is CN(Cc1ccco1)C(=O)[C@H](N)CCS(C)(=O)=O. The molecule has 1 amide bonds. The molecule has 0 aromatic carbocycles. The maximum absolute atomic E-state index is 11.9. The highest BCUT2D eigenvalue weighted by Crippen LogP contribution is 2.06. The van der Waals surface area contributed by atoms with Crippen LogP contribution in [-0.2, 0) is 21.2 Å². The molecule has 1 aromatic heterocycles. The van der Waals surface area contributed by atoms with E-state index in [9.17, 15) is 13.2 Å². The van der Waals surface area contributed by atoms with E-state index in [0.29, 0.717) is 12.3 Å². The fourth-order valence-electron chi connectivity index (χ4n) is 1.46. The quantitative estimate of drug-likeness (QED) is 0.788. The number of likely N-dealkylation sites (N-methyl/N-ethyl adjacent to an activating group) is 1. The van der Waals surface area contributed by atoms with Crippen molar-refractivity contribution in [1.29, 1.82) is 0 Å². The van der Waals surface area contributed by atoms with Gasteiger partial charge < -0.3 is 15.1 Å². The van der Waals surface area contributed by atoms with Gasteiger partial charge in [0.1, 0.15) is 15.6 Å². The summed E-state index contributed by atoms with van der Waals surface area (Å²) < 4.78 is 27.1. The van der Waals surface area contributed by atoms with Gasteiger partial charge in [0.15, 0.2) is 0 Å². The van der Waals surface area contributed by atoms with Crippen molar-refractivity contribution in [3.05, 3.63) is 24.2 Å². The molecule has 1 aromatic rings. The zero-order chi connectivity index (χ0) is 13.8. The monoisotopic (exact) mass is 274 g/mol. The minimum absolute atomic E-state index is 0.0888. The van der Waals surface area contributed by atoms with Crippen LogP contribution in [0.25, 0.3) is 0 Å². The Labute approximate surface area is 107 Å². The molecule has 0 bridgehead atoms. The first-order chi connectivity index (χ1) is 8.29. The predicted molar refractivity (Wildman–Crippen MR) is 67.5 cm³/mol. The Kier molecular flexibility index (Phi) is 4.92. The number of rotatable bonds is 6. The molecular formula is C11H18N2O4S. The van der Waals surface area contributed by atoms with Crippen molar-refractivity contribution in [2.24, 2.45) is 5.73 Å². The molecule has 2 N–H and O–H groups in total. The van der Waals surface area contributed by atoms with Gasteiger partial charge in [0.25, 0.3) is 0 Å². The van der Waals surface area contributed by atoms with Crippen LogP contribution in [0.4, 0.5) is 0 Å². The van der Waals surface area contributed by atoms with Crippen LogP contribution >= 0.6 is 0 Å². The first kappa shape index (κ1) is 14.7. The molecule has 0 saturated heterocycles. The number of hydrogen-bond acceptors (Lipinski definition) is 5. The van der Waals surface area contributed by atoms with Crippen molar-refractivity contribution in [3.63, 3.8) is 0 Å². The molecule has 0 spiro atoms. The lowest BCUT2D eigenvalue weighted by atomic mass is 10.2. The lowest BCUT2D eigenvalue weighted by Gasteiger charge is -2.20. The van der Waals surface area contributed by atoms with Crippen molar-refractivity contribution in [2.45, 2.75) is 19.0 Å². The predicted octanol–water partition coefficient (Wildman–Crippen LogP) is 0.000000000000000666. The molecule has 0 aliphatic carbocycles. The Bertz CT molecular complexity index is 481. The molecule has 102 valence electrons. The van der Waals surface area contributed by atoms with Gasteiger partial charge in [-0.15, -0.1) is 0 Å². The molecular weight excluding hydrogens is 256 g/mol. The summed E-state index contributed by atoms with van der Waals surface area (Å²) in [6.45, 7) is 0.318. The molecule has 1 heterocycles. The second kappa shape index (κ2) is 6.01. The molecule has 6 nitrogen and oxygen atoms in total. The van der Waals surface area contributed by atoms with Gasteiger partial charge in [0.05, 0.1) is 24.6 Å². The van der Waals surface area contributed by atoms with Crippen LogP contribution < -0.4 is 5.73 Å². The second-order valence-electron chi connectivity index (χ2n) is 4.30. The minimum atomic E-state index is -3.10. The van der Waals surface area contributed by atoms with Crippen LogP contribution in [0.2, 0.25) is 0 Å². The Hall–Kier alpha value is -1.34. The summed E-state index contributed by atoms with van der Waals surface area (Å²) in [7, 11) is -1.50. The van der Waals surface area contributed by atoms with E-state index >= 15 is 0 Å². The lowest BCUT2D eigenvalue weighted by Crippen LogP contribution is -2.42. The molecule has 0 aliphatic rings. The molecule has 0 radical (unpaired) electrons. The molecule has 1 atom stereocenters. The van der Waals surface area contributed by atoms with E-state index in [1.807, 2.05) is 0 Å². The largest absolute Gasteiger partial charge is 0.467 e. The normalized spacial score (nSPS) is 13.3. The van der Waals surface area contributed by atoms with Crippen LogP contribution in [0.15, 0.2) is 22.8 Å². The average Bonchev–Trinajstić information content (AvgIpc) is 2.76. The number of carbonyl (C=O) groups is 1. The first-order valence-electron chi connectivity index (χ1n) is 5.50. The number of hydrogen-bond donors (Lipinski definition) is 1. The van der Waals surface area contributed by atoms with Gasteiger partial charge in [-0.05, 0) is 18.6 Å². The summed E-state index contributed by atoms with van der Waals surface area (Å²) in [5.74, 6) is 0.269. The third-order valence-electron chi connectivity index (χ3n) is 2.47. The lowest BCUT2D eigenvalue weighted by molar-refractivity contribution is -0.132. The van der Waals surface area contributed by atoms with Crippen molar-refractivity contribution in [2.75, 3.05) is 19.1 Å². The molecule has 18 heavy (non-hydrogen) atoms. The summed E-state index contributed by atoms with van der Waals surface area (Å²) >= 11 is 0. The van der Waals surface area contributed by atoms with Crippen molar-refractivity contribution in [1.82, 2.24) is 4.90 Å². The molecule has 0 fully saturated rings. The average molecular weight is 274 g/mol. The van der Waals surface area contributed by atoms with E-state index in [2.05, 4.69) is 0 Å². The van der Waals surface area contributed by atoms with E-state index < -0.39 is 15.9 Å². The number of furan rings is 1. The Balaban J connectivity index is 2.47. The third kappa shape index (κ3) is 4.89. The van der Waals surface area contributed by atoms with Crippen LogP contribution in [0.5, 0.6) is 0 Å². The molecule has 0 aliphatic heterocycles. The van der Waals surface area contributed by atoms with E-state index in [4.69, 9.17) is 10.2 Å².